The van der Waals surface area contributed by atoms with Gasteiger partial charge in [-0.25, -0.2) is 0 Å². The largest absolute Gasteiger partial charge is 0.264 e. The van der Waals surface area contributed by atoms with Crippen molar-refractivity contribution in [3.05, 3.63) is 52.1 Å². The number of hydrogen-bond acceptors (Lipinski definition) is 2. The quantitative estimate of drug-likeness (QED) is 0.614. The molecule has 3 rings (SSSR count). The highest BCUT2D eigenvalue weighted by atomic mass is 79.9. The van der Waals surface area contributed by atoms with Crippen molar-refractivity contribution in [1.29, 1.82) is 0 Å². The Hall–Kier alpha value is -1.19. The summed E-state index contributed by atoms with van der Waals surface area (Å²) in [5.41, 5.74) is 3.74. The minimum absolute atomic E-state index is 1.17. The van der Waals surface area contributed by atoms with Gasteiger partial charge in [0.05, 0.1) is 0 Å². The van der Waals surface area contributed by atoms with Crippen LogP contribution in [0.2, 0.25) is 0 Å². The maximum absolute atomic E-state index is 4.23. The summed E-state index contributed by atoms with van der Waals surface area (Å²) in [6.07, 6.45) is 3.78. The number of aromatic nitrogens is 1. The molecule has 0 radical (unpaired) electrons. The molecule has 0 fully saturated rings. The lowest BCUT2D eigenvalue weighted by Gasteiger charge is -2.06. The van der Waals surface area contributed by atoms with Crippen LogP contribution < -0.4 is 0 Å². The molecule has 0 spiro atoms. The monoisotopic (exact) mass is 303 g/mol. The number of aryl methyl sites for hydroxylation is 1. The van der Waals surface area contributed by atoms with Crippen molar-refractivity contribution in [2.45, 2.75) is 6.92 Å². The summed E-state index contributed by atoms with van der Waals surface area (Å²) in [5, 5.41) is 3.41. The van der Waals surface area contributed by atoms with Crippen molar-refractivity contribution < 1.29 is 0 Å². The molecule has 0 bridgehead atoms. The molecule has 1 nitrogen and oxygen atoms in total. The molecule has 0 saturated heterocycles. The zero-order valence-corrected chi connectivity index (χ0v) is 11.7. The van der Waals surface area contributed by atoms with E-state index in [0.29, 0.717) is 0 Å². The molecule has 0 unspecified atom stereocenters. The molecule has 17 heavy (non-hydrogen) atoms. The summed E-state index contributed by atoms with van der Waals surface area (Å²) in [6, 6.07) is 8.46. The van der Waals surface area contributed by atoms with Gasteiger partial charge in [-0.1, -0.05) is 18.2 Å². The van der Waals surface area contributed by atoms with Crippen LogP contribution in [0.4, 0.5) is 0 Å². The van der Waals surface area contributed by atoms with Crippen molar-refractivity contribution in [2.75, 3.05) is 0 Å². The summed E-state index contributed by atoms with van der Waals surface area (Å²) in [5.74, 6) is 0. The van der Waals surface area contributed by atoms with E-state index >= 15 is 0 Å². The zero-order valence-electron chi connectivity index (χ0n) is 9.27. The van der Waals surface area contributed by atoms with Gasteiger partial charge in [0.25, 0.3) is 0 Å². The molecule has 84 valence electrons. The predicted octanol–water partition coefficient (Wildman–Crippen LogP) is 5.03. The number of rotatable bonds is 1. The average Bonchev–Trinajstić information content (AvgIpc) is 2.72. The average molecular weight is 304 g/mol. The second kappa shape index (κ2) is 4.24. The van der Waals surface area contributed by atoms with E-state index in [1.807, 2.05) is 12.4 Å². The third kappa shape index (κ3) is 1.79. The van der Waals surface area contributed by atoms with Gasteiger partial charge >= 0.3 is 0 Å². The number of nitrogens with zero attached hydrogens (tertiary/aromatic N) is 1. The topological polar surface area (TPSA) is 12.9 Å². The van der Waals surface area contributed by atoms with Crippen molar-refractivity contribution in [3.63, 3.8) is 0 Å². The highest BCUT2D eigenvalue weighted by molar-refractivity contribution is 9.10. The van der Waals surface area contributed by atoms with Crippen molar-refractivity contribution in [2.24, 2.45) is 0 Å². The Morgan fingerprint density at radius 1 is 1.18 bits per heavy atom. The number of hydrogen-bond donors (Lipinski definition) is 0. The van der Waals surface area contributed by atoms with Gasteiger partial charge < -0.3 is 0 Å². The van der Waals surface area contributed by atoms with Crippen LogP contribution in [-0.4, -0.2) is 4.98 Å². The summed E-state index contributed by atoms with van der Waals surface area (Å²) in [4.78, 5) is 4.23. The van der Waals surface area contributed by atoms with E-state index in [-0.39, 0.29) is 0 Å². The highest BCUT2D eigenvalue weighted by Gasteiger charge is 2.09. The molecule has 0 atom stereocenters. The van der Waals surface area contributed by atoms with E-state index in [4.69, 9.17) is 0 Å². The van der Waals surface area contributed by atoms with E-state index in [1.54, 1.807) is 11.3 Å². The standard InChI is InChI=1S/C14H10BrNS/c1-9-5-6-16-7-12(9)10-3-2-4-11-13(15)8-17-14(10)11/h2-8H,1H3. The molecular formula is C14H10BrNS. The number of halogens is 1. The van der Waals surface area contributed by atoms with Crippen molar-refractivity contribution in [3.8, 4) is 11.1 Å². The fourth-order valence-electron chi connectivity index (χ4n) is 1.98. The molecule has 0 aliphatic carbocycles. The highest BCUT2D eigenvalue weighted by Crippen LogP contribution is 2.37. The van der Waals surface area contributed by atoms with Crippen molar-refractivity contribution in [1.82, 2.24) is 4.98 Å². The third-order valence-corrected chi connectivity index (χ3v) is 4.87. The van der Waals surface area contributed by atoms with Crippen LogP contribution in [0.5, 0.6) is 0 Å². The van der Waals surface area contributed by atoms with Gasteiger partial charge in [0.2, 0.25) is 0 Å². The van der Waals surface area contributed by atoms with E-state index in [1.165, 1.54) is 31.2 Å². The molecule has 2 aromatic heterocycles. The first kappa shape index (κ1) is 10.9. The number of thiophene rings is 1. The molecular weight excluding hydrogens is 294 g/mol. The van der Waals surface area contributed by atoms with Gasteiger partial charge in [0.15, 0.2) is 0 Å². The summed E-state index contributed by atoms with van der Waals surface area (Å²) >= 11 is 5.36. The zero-order chi connectivity index (χ0) is 11.8. The van der Waals surface area contributed by atoms with Crippen LogP contribution in [-0.2, 0) is 0 Å². The predicted molar refractivity (Wildman–Crippen MR) is 77.5 cm³/mol. The Bertz CT molecular complexity index is 688. The Labute approximate surface area is 112 Å². The lowest BCUT2D eigenvalue weighted by molar-refractivity contribution is 1.29. The Balaban J connectivity index is 2.35. The lowest BCUT2D eigenvalue weighted by Crippen LogP contribution is -1.84. The SMILES string of the molecule is Cc1ccncc1-c1cccc2c(Br)csc12. The van der Waals surface area contributed by atoms with E-state index in [0.717, 1.165) is 0 Å². The minimum atomic E-state index is 1.17. The second-order valence-corrected chi connectivity index (χ2v) is 5.69. The number of benzene rings is 1. The van der Waals surface area contributed by atoms with Gasteiger partial charge in [-0.05, 0) is 34.5 Å². The summed E-state index contributed by atoms with van der Waals surface area (Å²) in [6.45, 7) is 2.12. The molecule has 3 aromatic rings. The maximum Gasteiger partial charge on any atom is 0.0433 e. The molecule has 0 amide bonds. The van der Waals surface area contributed by atoms with Crippen LogP contribution in [0.25, 0.3) is 21.2 Å². The van der Waals surface area contributed by atoms with Gasteiger partial charge in [-0.2, -0.15) is 0 Å². The molecule has 0 saturated carbocycles. The third-order valence-electron chi connectivity index (χ3n) is 2.88. The Morgan fingerprint density at radius 2 is 2.06 bits per heavy atom. The van der Waals surface area contributed by atoms with Gasteiger partial charge in [0, 0.05) is 43.5 Å². The molecule has 0 N–H and O–H groups in total. The normalized spacial score (nSPS) is 10.9. The van der Waals surface area contributed by atoms with E-state index < -0.39 is 0 Å². The molecule has 0 aliphatic heterocycles. The van der Waals surface area contributed by atoms with Crippen LogP contribution in [0.3, 0.4) is 0 Å². The van der Waals surface area contributed by atoms with Crippen molar-refractivity contribution >= 4 is 37.4 Å². The van der Waals surface area contributed by atoms with Crippen LogP contribution in [0.1, 0.15) is 5.56 Å². The van der Waals surface area contributed by atoms with E-state index in [9.17, 15) is 0 Å². The van der Waals surface area contributed by atoms with E-state index in [2.05, 4.69) is 57.5 Å². The first-order valence-corrected chi connectivity index (χ1v) is 7.01. The minimum Gasteiger partial charge on any atom is -0.264 e. The smallest absolute Gasteiger partial charge is 0.0433 e. The number of pyridine rings is 1. The molecule has 3 heteroatoms. The number of fused-ring (bicyclic) bond motifs is 1. The lowest BCUT2D eigenvalue weighted by atomic mass is 10.0. The second-order valence-electron chi connectivity index (χ2n) is 3.96. The molecule has 2 heterocycles. The first-order valence-electron chi connectivity index (χ1n) is 5.34. The van der Waals surface area contributed by atoms with Gasteiger partial charge in [-0.15, -0.1) is 11.3 Å². The fourth-order valence-corrected chi connectivity index (χ4v) is 3.68. The fraction of sp³-hybridized carbons (Fsp3) is 0.0714. The molecule has 0 aliphatic rings. The maximum atomic E-state index is 4.23. The van der Waals surface area contributed by atoms with Crippen LogP contribution in [0.15, 0.2) is 46.5 Å². The van der Waals surface area contributed by atoms with Crippen LogP contribution >= 0.6 is 27.3 Å². The Kier molecular flexibility index (Phi) is 2.73. The summed E-state index contributed by atoms with van der Waals surface area (Å²) < 4.78 is 2.48. The van der Waals surface area contributed by atoms with Crippen LogP contribution in [0, 0.1) is 6.92 Å². The summed E-state index contributed by atoms with van der Waals surface area (Å²) in [7, 11) is 0. The first-order chi connectivity index (χ1) is 8.27. The Morgan fingerprint density at radius 3 is 2.88 bits per heavy atom. The van der Waals surface area contributed by atoms with Gasteiger partial charge in [-0.3, -0.25) is 4.98 Å². The van der Waals surface area contributed by atoms with Gasteiger partial charge in [0.1, 0.15) is 0 Å². The molecule has 1 aromatic carbocycles.